The molecule has 0 aliphatic carbocycles. The minimum absolute atomic E-state index is 0.287. The van der Waals surface area contributed by atoms with Crippen LogP contribution < -0.4 is 4.90 Å². The summed E-state index contributed by atoms with van der Waals surface area (Å²) in [6.45, 7) is 9.69. The second-order valence-electron chi connectivity index (χ2n) is 8.06. The first-order valence-corrected chi connectivity index (χ1v) is 12.4. The van der Waals surface area contributed by atoms with Gasteiger partial charge in [-0.15, -0.1) is 11.8 Å². The maximum absolute atomic E-state index is 12.6. The number of fused-ring (bicyclic) bond motifs is 1. The van der Waals surface area contributed by atoms with Gasteiger partial charge in [-0.2, -0.15) is 0 Å². The Morgan fingerprint density at radius 1 is 1.03 bits per heavy atom. The number of amides is 1. The fourth-order valence-corrected chi connectivity index (χ4v) is 5.77. The molecule has 6 heteroatoms. The zero-order valence-corrected chi connectivity index (χ0v) is 19.6. The van der Waals surface area contributed by atoms with Crippen LogP contribution in [0.4, 0.5) is 5.13 Å². The van der Waals surface area contributed by atoms with Crippen LogP contribution in [-0.2, 0) is 4.79 Å². The summed E-state index contributed by atoms with van der Waals surface area (Å²) in [5.74, 6) is 1.27. The fraction of sp³-hybridized carbons (Fsp3) is 0.417. The maximum atomic E-state index is 12.6. The summed E-state index contributed by atoms with van der Waals surface area (Å²) in [6.07, 6.45) is 1.56. The third-order valence-electron chi connectivity index (χ3n) is 5.54. The fourth-order valence-electron chi connectivity index (χ4n) is 3.85. The molecule has 1 aromatic heterocycles. The summed E-state index contributed by atoms with van der Waals surface area (Å²) in [6, 6.07) is 13.0. The van der Waals surface area contributed by atoms with Gasteiger partial charge in [0.2, 0.25) is 5.91 Å². The molecule has 3 aromatic rings. The van der Waals surface area contributed by atoms with E-state index in [-0.39, 0.29) is 5.91 Å². The SMILES string of the molecule is Cc1ccc(SCCCC(=O)N2CCN(c3nc4cc(C)cc(C)c4s3)CC2)cc1. The normalized spacial score (nSPS) is 14.5. The van der Waals surface area contributed by atoms with E-state index < -0.39 is 0 Å². The van der Waals surface area contributed by atoms with Crippen molar-refractivity contribution < 1.29 is 4.79 Å². The highest BCUT2D eigenvalue weighted by molar-refractivity contribution is 7.99. The molecule has 1 aliphatic heterocycles. The standard InChI is InChI=1S/C24H29N3OS2/c1-17-6-8-20(9-7-17)29-14-4-5-22(28)26-10-12-27(13-11-26)24-25-21-16-18(2)15-19(3)23(21)30-24/h6-9,15-16H,4-5,10-14H2,1-3H3. The molecule has 158 valence electrons. The van der Waals surface area contributed by atoms with E-state index in [1.165, 1.54) is 26.3 Å². The van der Waals surface area contributed by atoms with Crippen LogP contribution in [0.3, 0.4) is 0 Å². The molecule has 0 N–H and O–H groups in total. The summed E-state index contributed by atoms with van der Waals surface area (Å²) in [4.78, 5) is 23.1. The summed E-state index contributed by atoms with van der Waals surface area (Å²) in [5.41, 5.74) is 4.93. The van der Waals surface area contributed by atoms with Crippen molar-refractivity contribution in [1.82, 2.24) is 9.88 Å². The van der Waals surface area contributed by atoms with Crippen LogP contribution in [0.25, 0.3) is 10.2 Å². The molecule has 0 radical (unpaired) electrons. The lowest BCUT2D eigenvalue weighted by Gasteiger charge is -2.34. The number of thiazole rings is 1. The highest BCUT2D eigenvalue weighted by Gasteiger charge is 2.23. The number of hydrogen-bond acceptors (Lipinski definition) is 5. The molecule has 0 atom stereocenters. The first-order valence-electron chi connectivity index (χ1n) is 10.6. The number of aryl methyl sites for hydroxylation is 3. The summed E-state index contributed by atoms with van der Waals surface area (Å²) in [5, 5.41) is 1.08. The quantitative estimate of drug-likeness (QED) is 0.378. The monoisotopic (exact) mass is 439 g/mol. The predicted octanol–water partition coefficient (Wildman–Crippen LogP) is 5.44. The van der Waals surface area contributed by atoms with Crippen LogP contribution in [0.15, 0.2) is 41.3 Å². The van der Waals surface area contributed by atoms with Crippen LogP contribution >= 0.6 is 23.1 Å². The van der Waals surface area contributed by atoms with Gasteiger partial charge in [0.15, 0.2) is 5.13 Å². The van der Waals surface area contributed by atoms with Gasteiger partial charge in [-0.25, -0.2) is 4.98 Å². The van der Waals surface area contributed by atoms with Gasteiger partial charge in [0, 0.05) is 37.5 Å². The van der Waals surface area contributed by atoms with Crippen molar-refractivity contribution in [3.63, 3.8) is 0 Å². The Morgan fingerprint density at radius 3 is 2.50 bits per heavy atom. The van der Waals surface area contributed by atoms with E-state index in [1.807, 2.05) is 16.7 Å². The van der Waals surface area contributed by atoms with Crippen LogP contribution in [0, 0.1) is 20.8 Å². The number of thioether (sulfide) groups is 1. The van der Waals surface area contributed by atoms with Gasteiger partial charge in [-0.05, 0) is 62.3 Å². The Hall–Kier alpha value is -2.05. The Bertz CT molecular complexity index is 1020. The number of rotatable bonds is 6. The van der Waals surface area contributed by atoms with Crippen LogP contribution in [0.1, 0.15) is 29.5 Å². The van der Waals surface area contributed by atoms with E-state index in [9.17, 15) is 4.79 Å². The van der Waals surface area contributed by atoms with Crippen molar-refractivity contribution in [3.05, 3.63) is 53.1 Å². The van der Waals surface area contributed by atoms with Crippen molar-refractivity contribution in [2.24, 2.45) is 0 Å². The molecule has 0 spiro atoms. The number of nitrogens with zero attached hydrogens (tertiary/aromatic N) is 3. The van der Waals surface area contributed by atoms with E-state index in [0.717, 1.165) is 49.0 Å². The Balaban J connectivity index is 1.24. The van der Waals surface area contributed by atoms with E-state index in [2.05, 4.69) is 62.1 Å². The molecule has 30 heavy (non-hydrogen) atoms. The van der Waals surface area contributed by atoms with Gasteiger partial charge in [0.1, 0.15) is 0 Å². The lowest BCUT2D eigenvalue weighted by Crippen LogP contribution is -2.48. The molecule has 1 saturated heterocycles. The number of piperazine rings is 1. The number of anilines is 1. The average molecular weight is 440 g/mol. The minimum atomic E-state index is 0.287. The molecule has 0 bridgehead atoms. The summed E-state index contributed by atoms with van der Waals surface area (Å²) in [7, 11) is 0. The van der Waals surface area contributed by atoms with E-state index in [0.29, 0.717) is 6.42 Å². The first kappa shape index (κ1) is 21.2. The Labute approximate surface area is 187 Å². The van der Waals surface area contributed by atoms with Crippen molar-refractivity contribution in [2.75, 3.05) is 36.8 Å². The van der Waals surface area contributed by atoms with Crippen molar-refractivity contribution >= 4 is 44.4 Å². The second kappa shape index (κ2) is 9.40. The number of hydrogen-bond donors (Lipinski definition) is 0. The predicted molar refractivity (Wildman–Crippen MR) is 129 cm³/mol. The molecular weight excluding hydrogens is 410 g/mol. The number of carbonyl (C=O) groups is 1. The molecular formula is C24H29N3OS2. The van der Waals surface area contributed by atoms with Crippen LogP contribution in [0.5, 0.6) is 0 Å². The molecule has 0 unspecified atom stereocenters. The number of benzene rings is 2. The average Bonchev–Trinajstić information content (AvgIpc) is 3.17. The smallest absolute Gasteiger partial charge is 0.222 e. The van der Waals surface area contributed by atoms with Gasteiger partial charge in [-0.1, -0.05) is 35.1 Å². The van der Waals surface area contributed by atoms with Gasteiger partial charge in [0.05, 0.1) is 10.2 Å². The largest absolute Gasteiger partial charge is 0.345 e. The molecule has 2 heterocycles. The molecule has 1 aliphatic rings. The van der Waals surface area contributed by atoms with E-state index in [1.54, 1.807) is 11.3 Å². The highest BCUT2D eigenvalue weighted by atomic mass is 32.2. The lowest BCUT2D eigenvalue weighted by atomic mass is 10.1. The molecule has 1 fully saturated rings. The van der Waals surface area contributed by atoms with Crippen LogP contribution in [0.2, 0.25) is 0 Å². The van der Waals surface area contributed by atoms with E-state index in [4.69, 9.17) is 4.98 Å². The number of carbonyl (C=O) groups excluding carboxylic acids is 1. The van der Waals surface area contributed by atoms with Gasteiger partial charge in [-0.3, -0.25) is 4.79 Å². The van der Waals surface area contributed by atoms with Crippen molar-refractivity contribution in [2.45, 2.75) is 38.5 Å². The number of aromatic nitrogens is 1. The summed E-state index contributed by atoms with van der Waals surface area (Å²) >= 11 is 3.61. The van der Waals surface area contributed by atoms with Crippen molar-refractivity contribution in [1.29, 1.82) is 0 Å². The Kier molecular flexibility index (Phi) is 6.64. The highest BCUT2D eigenvalue weighted by Crippen LogP contribution is 2.32. The van der Waals surface area contributed by atoms with Gasteiger partial charge >= 0.3 is 0 Å². The lowest BCUT2D eigenvalue weighted by molar-refractivity contribution is -0.131. The second-order valence-corrected chi connectivity index (χ2v) is 10.2. The molecule has 0 saturated carbocycles. The molecule has 4 rings (SSSR count). The van der Waals surface area contributed by atoms with Crippen LogP contribution in [-0.4, -0.2) is 47.7 Å². The molecule has 4 nitrogen and oxygen atoms in total. The third-order valence-corrected chi connectivity index (χ3v) is 7.90. The van der Waals surface area contributed by atoms with Crippen molar-refractivity contribution in [3.8, 4) is 0 Å². The third kappa shape index (κ3) is 4.98. The first-order chi connectivity index (χ1) is 14.5. The maximum Gasteiger partial charge on any atom is 0.222 e. The Morgan fingerprint density at radius 2 is 1.77 bits per heavy atom. The van der Waals surface area contributed by atoms with Gasteiger partial charge < -0.3 is 9.80 Å². The van der Waals surface area contributed by atoms with E-state index >= 15 is 0 Å². The van der Waals surface area contributed by atoms with Gasteiger partial charge in [0.25, 0.3) is 0 Å². The zero-order chi connectivity index (χ0) is 21.1. The summed E-state index contributed by atoms with van der Waals surface area (Å²) < 4.78 is 1.28. The molecule has 2 aromatic carbocycles. The topological polar surface area (TPSA) is 36.4 Å². The zero-order valence-electron chi connectivity index (χ0n) is 18.0. The molecule has 1 amide bonds. The minimum Gasteiger partial charge on any atom is -0.345 e.